The highest BCUT2D eigenvalue weighted by Gasteiger charge is 2.20. The number of rotatable bonds is 1. The Morgan fingerprint density at radius 2 is 2.00 bits per heavy atom. The van der Waals surface area contributed by atoms with Crippen molar-refractivity contribution in [3.8, 4) is 5.75 Å². The van der Waals surface area contributed by atoms with Crippen LogP contribution in [0.1, 0.15) is 19.4 Å². The summed E-state index contributed by atoms with van der Waals surface area (Å²) in [5, 5.41) is 22.3. The van der Waals surface area contributed by atoms with Crippen molar-refractivity contribution in [3.05, 3.63) is 29.1 Å². The fourth-order valence-electron chi connectivity index (χ4n) is 1.52. The standard InChI is InChI=1S/C11H12O2S/c1-11(2,13)8-6-14-10-7(8)4-3-5-9(10)12/h3-6,12-13H,1-2H3. The van der Waals surface area contributed by atoms with Crippen LogP contribution in [0.5, 0.6) is 5.75 Å². The molecule has 3 heteroatoms. The Labute approximate surface area is 86.4 Å². The van der Waals surface area contributed by atoms with Gasteiger partial charge in [-0.15, -0.1) is 11.3 Å². The summed E-state index contributed by atoms with van der Waals surface area (Å²) >= 11 is 1.46. The molecule has 1 aromatic heterocycles. The molecule has 0 aliphatic rings. The SMILES string of the molecule is CC(C)(O)c1csc2c(O)cccc12. The van der Waals surface area contributed by atoms with Crippen LogP contribution in [0.4, 0.5) is 0 Å². The molecule has 14 heavy (non-hydrogen) atoms. The zero-order chi connectivity index (χ0) is 10.3. The summed E-state index contributed by atoms with van der Waals surface area (Å²) in [6.45, 7) is 3.50. The second-order valence-corrected chi connectivity index (χ2v) is 4.74. The third-order valence-corrected chi connectivity index (χ3v) is 3.26. The molecule has 2 aromatic rings. The van der Waals surface area contributed by atoms with Crippen molar-refractivity contribution in [3.63, 3.8) is 0 Å². The van der Waals surface area contributed by atoms with Crippen LogP contribution in [0.3, 0.4) is 0 Å². The van der Waals surface area contributed by atoms with E-state index in [1.807, 2.05) is 11.4 Å². The van der Waals surface area contributed by atoms with Gasteiger partial charge in [-0.25, -0.2) is 0 Å². The van der Waals surface area contributed by atoms with Crippen LogP contribution in [0, 0.1) is 0 Å². The van der Waals surface area contributed by atoms with E-state index in [9.17, 15) is 10.2 Å². The van der Waals surface area contributed by atoms with Crippen molar-refractivity contribution in [2.45, 2.75) is 19.4 Å². The van der Waals surface area contributed by atoms with E-state index in [2.05, 4.69) is 0 Å². The number of hydrogen-bond acceptors (Lipinski definition) is 3. The molecule has 0 fully saturated rings. The van der Waals surface area contributed by atoms with Crippen LogP contribution in [0.2, 0.25) is 0 Å². The summed E-state index contributed by atoms with van der Waals surface area (Å²) in [6.07, 6.45) is 0. The van der Waals surface area contributed by atoms with Crippen LogP contribution in [0.25, 0.3) is 10.1 Å². The molecule has 0 aliphatic heterocycles. The number of hydrogen-bond donors (Lipinski definition) is 2. The molecule has 0 saturated carbocycles. The minimum absolute atomic E-state index is 0.281. The minimum atomic E-state index is -0.855. The van der Waals surface area contributed by atoms with Crippen LogP contribution < -0.4 is 0 Å². The molecule has 0 bridgehead atoms. The Hall–Kier alpha value is -1.06. The summed E-state index contributed by atoms with van der Waals surface area (Å²) in [5.74, 6) is 0.281. The third-order valence-electron chi connectivity index (χ3n) is 2.24. The number of phenols is 1. The molecule has 2 nitrogen and oxygen atoms in total. The zero-order valence-corrected chi connectivity index (χ0v) is 8.93. The lowest BCUT2D eigenvalue weighted by molar-refractivity contribution is 0.0806. The van der Waals surface area contributed by atoms with Gasteiger partial charge in [-0.2, -0.15) is 0 Å². The predicted octanol–water partition coefficient (Wildman–Crippen LogP) is 2.83. The van der Waals surface area contributed by atoms with Crippen molar-refractivity contribution in [1.82, 2.24) is 0 Å². The van der Waals surface area contributed by atoms with Gasteiger partial charge in [-0.1, -0.05) is 12.1 Å². The van der Waals surface area contributed by atoms with Crippen molar-refractivity contribution in [2.75, 3.05) is 0 Å². The summed E-state index contributed by atoms with van der Waals surface area (Å²) in [5.41, 5.74) is 0.0138. The van der Waals surface area contributed by atoms with E-state index < -0.39 is 5.60 Å². The van der Waals surface area contributed by atoms with Crippen molar-refractivity contribution < 1.29 is 10.2 Å². The molecule has 0 spiro atoms. The van der Waals surface area contributed by atoms with Gasteiger partial charge in [0.25, 0.3) is 0 Å². The molecule has 1 heterocycles. The molecule has 1 aromatic carbocycles. The van der Waals surface area contributed by atoms with Gasteiger partial charge >= 0.3 is 0 Å². The van der Waals surface area contributed by atoms with Gasteiger partial charge in [0, 0.05) is 10.9 Å². The molecule has 0 saturated heterocycles. The Balaban J connectivity index is 2.76. The number of aromatic hydroxyl groups is 1. The van der Waals surface area contributed by atoms with Crippen LogP contribution in [-0.2, 0) is 5.60 Å². The van der Waals surface area contributed by atoms with E-state index in [0.717, 1.165) is 15.6 Å². The maximum atomic E-state index is 9.89. The van der Waals surface area contributed by atoms with Gasteiger partial charge in [0.05, 0.1) is 10.3 Å². The maximum absolute atomic E-state index is 9.89. The highest BCUT2D eigenvalue weighted by atomic mass is 32.1. The number of fused-ring (bicyclic) bond motifs is 1. The molecule has 0 aliphatic carbocycles. The highest BCUT2D eigenvalue weighted by Crippen LogP contribution is 2.37. The Morgan fingerprint density at radius 3 is 2.64 bits per heavy atom. The Kier molecular flexibility index (Phi) is 2.01. The van der Waals surface area contributed by atoms with Gasteiger partial charge in [-0.05, 0) is 25.3 Å². The fourth-order valence-corrected chi connectivity index (χ4v) is 2.66. The van der Waals surface area contributed by atoms with Crippen molar-refractivity contribution in [1.29, 1.82) is 0 Å². The smallest absolute Gasteiger partial charge is 0.133 e. The second kappa shape index (κ2) is 2.97. The van der Waals surface area contributed by atoms with E-state index in [1.54, 1.807) is 26.0 Å². The van der Waals surface area contributed by atoms with Gasteiger partial charge in [-0.3, -0.25) is 0 Å². The Bertz CT molecular complexity index is 466. The summed E-state index contributed by atoms with van der Waals surface area (Å²) in [4.78, 5) is 0. The maximum Gasteiger partial charge on any atom is 0.133 e. The minimum Gasteiger partial charge on any atom is -0.506 e. The summed E-state index contributed by atoms with van der Waals surface area (Å²) < 4.78 is 0.838. The average molecular weight is 208 g/mol. The van der Waals surface area contributed by atoms with Crippen molar-refractivity contribution >= 4 is 21.4 Å². The first-order valence-corrected chi connectivity index (χ1v) is 5.30. The van der Waals surface area contributed by atoms with Gasteiger partial charge < -0.3 is 10.2 Å². The zero-order valence-electron chi connectivity index (χ0n) is 8.11. The summed E-state index contributed by atoms with van der Waals surface area (Å²) in [7, 11) is 0. The lowest BCUT2D eigenvalue weighted by Crippen LogP contribution is -2.14. The van der Waals surface area contributed by atoms with E-state index in [4.69, 9.17) is 0 Å². The molecular formula is C11H12O2S. The van der Waals surface area contributed by atoms with Gasteiger partial charge in [0.2, 0.25) is 0 Å². The molecule has 0 amide bonds. The quantitative estimate of drug-likeness (QED) is 0.756. The first-order valence-electron chi connectivity index (χ1n) is 4.42. The largest absolute Gasteiger partial charge is 0.506 e. The number of aliphatic hydroxyl groups is 1. The lowest BCUT2D eigenvalue weighted by Gasteiger charge is -2.16. The molecule has 0 unspecified atom stereocenters. The number of phenolic OH excluding ortho intramolecular Hbond substituents is 1. The van der Waals surface area contributed by atoms with E-state index in [-0.39, 0.29) is 5.75 Å². The van der Waals surface area contributed by atoms with E-state index in [1.165, 1.54) is 11.3 Å². The second-order valence-electron chi connectivity index (χ2n) is 3.86. The lowest BCUT2D eigenvalue weighted by atomic mass is 9.98. The van der Waals surface area contributed by atoms with Crippen LogP contribution >= 0.6 is 11.3 Å². The summed E-state index contributed by atoms with van der Waals surface area (Å²) in [6, 6.07) is 5.37. The molecule has 2 N–H and O–H groups in total. The molecule has 2 rings (SSSR count). The average Bonchev–Trinajstić information content (AvgIpc) is 2.47. The predicted molar refractivity (Wildman–Crippen MR) is 58.7 cm³/mol. The van der Waals surface area contributed by atoms with E-state index >= 15 is 0 Å². The van der Waals surface area contributed by atoms with Gasteiger partial charge in [0.15, 0.2) is 0 Å². The highest BCUT2D eigenvalue weighted by molar-refractivity contribution is 7.17. The third kappa shape index (κ3) is 1.38. The first-order chi connectivity index (χ1) is 6.50. The Morgan fingerprint density at radius 1 is 1.29 bits per heavy atom. The molecule has 0 radical (unpaired) electrons. The topological polar surface area (TPSA) is 40.5 Å². The van der Waals surface area contributed by atoms with E-state index in [0.29, 0.717) is 0 Å². The molecular weight excluding hydrogens is 196 g/mol. The molecule has 74 valence electrons. The first kappa shape index (κ1) is 9.49. The molecule has 0 atom stereocenters. The van der Waals surface area contributed by atoms with Crippen LogP contribution in [0.15, 0.2) is 23.6 Å². The normalized spacial score (nSPS) is 12.2. The monoisotopic (exact) mass is 208 g/mol. The fraction of sp³-hybridized carbons (Fsp3) is 0.273. The number of benzene rings is 1. The van der Waals surface area contributed by atoms with Crippen LogP contribution in [-0.4, -0.2) is 10.2 Å². The van der Waals surface area contributed by atoms with Gasteiger partial charge in [0.1, 0.15) is 5.75 Å². The van der Waals surface area contributed by atoms with Crippen molar-refractivity contribution in [2.24, 2.45) is 0 Å². The number of thiophene rings is 1.